The zero-order valence-electron chi connectivity index (χ0n) is 30.2. The van der Waals surface area contributed by atoms with Crippen molar-refractivity contribution in [3.8, 4) is 45.3 Å². The highest BCUT2D eigenvalue weighted by molar-refractivity contribution is 5.97. The van der Waals surface area contributed by atoms with E-state index >= 15 is 0 Å². The van der Waals surface area contributed by atoms with Crippen molar-refractivity contribution in [1.29, 1.82) is 0 Å². The van der Waals surface area contributed by atoms with Crippen LogP contribution in [0.4, 0.5) is 0 Å². The molecule has 258 valence electrons. The molecule has 3 aromatic heterocycles. The van der Waals surface area contributed by atoms with Crippen LogP contribution in [0, 0.1) is 6.92 Å². The lowest BCUT2D eigenvalue weighted by atomic mass is 9.98. The predicted octanol–water partition coefficient (Wildman–Crippen LogP) is 12.4. The lowest BCUT2D eigenvalue weighted by Crippen LogP contribution is -2.02. The molecule has 0 unspecified atom stereocenters. The molecule has 3 heterocycles. The summed E-state index contributed by atoms with van der Waals surface area (Å²) in [6, 6.07) is 41.9. The second-order valence-electron chi connectivity index (χ2n) is 13.2. The van der Waals surface area contributed by atoms with Crippen LogP contribution in [-0.4, -0.2) is 24.9 Å². The molecule has 0 bridgehead atoms. The Morgan fingerprint density at radius 1 is 0.500 bits per heavy atom. The van der Waals surface area contributed by atoms with Crippen LogP contribution in [0.5, 0.6) is 0 Å². The fourth-order valence-electron chi connectivity index (χ4n) is 6.59. The Kier molecular flexibility index (Phi) is 9.36. The fourth-order valence-corrected chi connectivity index (χ4v) is 6.59. The Balaban J connectivity index is 1.34. The maximum Gasteiger partial charge on any atom is 0.164 e. The third kappa shape index (κ3) is 7.03. The van der Waals surface area contributed by atoms with Crippen molar-refractivity contribution in [3.05, 3.63) is 188 Å². The molecule has 0 spiro atoms. The summed E-state index contributed by atoms with van der Waals surface area (Å²) in [4.78, 5) is 25.4. The average molecular weight is 696 g/mol. The van der Waals surface area contributed by atoms with Gasteiger partial charge in [0.2, 0.25) is 0 Å². The largest absolute Gasteiger partial charge is 0.248 e. The maximum absolute atomic E-state index is 5.20. The second kappa shape index (κ2) is 14.9. The summed E-state index contributed by atoms with van der Waals surface area (Å²) in [6.07, 6.45) is 13.4. The van der Waals surface area contributed by atoms with Gasteiger partial charge in [0.05, 0.1) is 22.4 Å². The van der Waals surface area contributed by atoms with Gasteiger partial charge in [-0.3, -0.25) is 0 Å². The topological polar surface area (TPSA) is 64.5 Å². The van der Waals surface area contributed by atoms with E-state index in [0.717, 1.165) is 72.0 Å². The van der Waals surface area contributed by atoms with Crippen molar-refractivity contribution in [3.63, 3.8) is 0 Å². The number of hydrogen-bond acceptors (Lipinski definition) is 5. The summed E-state index contributed by atoms with van der Waals surface area (Å²) < 4.78 is 0. The summed E-state index contributed by atoms with van der Waals surface area (Å²) >= 11 is 0. The quantitative estimate of drug-likeness (QED) is 0.111. The summed E-state index contributed by atoms with van der Waals surface area (Å²) in [6.45, 7) is 11.8. The van der Waals surface area contributed by atoms with Crippen LogP contribution < -0.4 is 0 Å². The Bertz CT molecular complexity index is 2830. The third-order valence-corrected chi connectivity index (χ3v) is 9.44. The van der Waals surface area contributed by atoms with Gasteiger partial charge in [-0.2, -0.15) is 0 Å². The summed E-state index contributed by atoms with van der Waals surface area (Å²) in [5.41, 5.74) is 10.3. The molecule has 0 saturated heterocycles. The molecule has 0 atom stereocenters. The Labute approximate surface area is 315 Å². The number of fused-ring (bicyclic) bond motifs is 3. The molecule has 0 aliphatic carbocycles. The van der Waals surface area contributed by atoms with Crippen LogP contribution in [-0.2, 0) is 0 Å². The van der Waals surface area contributed by atoms with Gasteiger partial charge in [0.25, 0.3) is 0 Å². The minimum atomic E-state index is 0.558. The summed E-state index contributed by atoms with van der Waals surface area (Å²) in [5, 5.41) is 4.51. The molecule has 0 aliphatic rings. The third-order valence-electron chi connectivity index (χ3n) is 9.44. The zero-order valence-corrected chi connectivity index (χ0v) is 30.2. The molecule has 5 heteroatoms. The molecule has 0 saturated carbocycles. The Hall–Kier alpha value is -7.11. The SMILES string of the molecule is C=C/C=C\C=C(/C)c1nc(-c2ccccc2)nc(-c2cc(-c3ccc4cc(C)c(/C=C\C=C)cc4n3)cc(-c3ccc4cc5ccccc5cc4n3)c2)n1. The van der Waals surface area contributed by atoms with Crippen LogP contribution in [0.15, 0.2) is 171 Å². The van der Waals surface area contributed by atoms with Gasteiger partial charge in [0.1, 0.15) is 0 Å². The van der Waals surface area contributed by atoms with E-state index in [2.05, 4.69) is 117 Å². The molecule has 5 nitrogen and oxygen atoms in total. The molecule has 0 N–H and O–H groups in total. The van der Waals surface area contributed by atoms with E-state index in [1.165, 1.54) is 10.9 Å². The van der Waals surface area contributed by atoms with Gasteiger partial charge in [-0.15, -0.1) is 0 Å². The van der Waals surface area contributed by atoms with Crippen LogP contribution in [0.25, 0.3) is 89.5 Å². The number of allylic oxidation sites excluding steroid dienone is 7. The van der Waals surface area contributed by atoms with E-state index < -0.39 is 0 Å². The second-order valence-corrected chi connectivity index (χ2v) is 13.2. The number of benzene rings is 5. The first-order chi connectivity index (χ1) is 26.4. The summed E-state index contributed by atoms with van der Waals surface area (Å²) in [7, 11) is 0. The van der Waals surface area contributed by atoms with Crippen molar-refractivity contribution in [2.45, 2.75) is 13.8 Å². The van der Waals surface area contributed by atoms with Crippen molar-refractivity contribution in [2.24, 2.45) is 0 Å². The van der Waals surface area contributed by atoms with Gasteiger partial charge in [0.15, 0.2) is 17.5 Å². The lowest BCUT2D eigenvalue weighted by molar-refractivity contribution is 1.03. The van der Waals surface area contributed by atoms with Crippen molar-refractivity contribution >= 4 is 44.2 Å². The monoisotopic (exact) mass is 695 g/mol. The number of pyridine rings is 2. The minimum absolute atomic E-state index is 0.558. The molecule has 8 aromatic rings. The number of aromatic nitrogens is 5. The van der Waals surface area contributed by atoms with Gasteiger partial charge >= 0.3 is 0 Å². The molecule has 5 aromatic carbocycles. The molecular formula is C49H37N5. The first-order valence-corrected chi connectivity index (χ1v) is 17.9. The van der Waals surface area contributed by atoms with Crippen LogP contribution >= 0.6 is 0 Å². The molecule has 0 radical (unpaired) electrons. The highest BCUT2D eigenvalue weighted by Crippen LogP contribution is 2.34. The van der Waals surface area contributed by atoms with Gasteiger partial charge in [0, 0.05) is 33.0 Å². The Morgan fingerprint density at radius 3 is 1.78 bits per heavy atom. The average Bonchev–Trinajstić information content (AvgIpc) is 3.21. The van der Waals surface area contributed by atoms with Gasteiger partial charge in [-0.25, -0.2) is 24.9 Å². The van der Waals surface area contributed by atoms with E-state index in [4.69, 9.17) is 24.9 Å². The van der Waals surface area contributed by atoms with E-state index in [9.17, 15) is 0 Å². The highest BCUT2D eigenvalue weighted by atomic mass is 15.0. The van der Waals surface area contributed by atoms with Gasteiger partial charge in [-0.05, 0) is 95.9 Å². The number of aryl methyl sites for hydroxylation is 1. The molecule has 54 heavy (non-hydrogen) atoms. The van der Waals surface area contributed by atoms with E-state index in [1.807, 2.05) is 61.6 Å². The highest BCUT2D eigenvalue weighted by Gasteiger charge is 2.16. The first kappa shape index (κ1) is 34.0. The molecule has 8 rings (SSSR count). The molecule has 0 amide bonds. The van der Waals surface area contributed by atoms with Crippen molar-refractivity contribution < 1.29 is 0 Å². The molecule has 0 aliphatic heterocycles. The maximum atomic E-state index is 5.20. The zero-order chi connectivity index (χ0) is 37.0. The number of nitrogens with zero attached hydrogens (tertiary/aromatic N) is 5. The standard InChI is InChI=1S/C49H37N5/c1-5-7-10-15-32(3)47-52-48(34-17-11-9-12-18-34)54-49(53-47)42-28-40(43-23-21-38-25-33(4)35(16-8-6-2)30-45(38)50-43)27-41(29-42)44-24-22-39-26-36-19-13-14-20-37(36)31-46(39)51-44/h5-31H,1-2H2,3-4H3/b10-7-,16-8-,32-15+. The summed E-state index contributed by atoms with van der Waals surface area (Å²) in [5.74, 6) is 1.75. The Morgan fingerprint density at radius 2 is 1.09 bits per heavy atom. The van der Waals surface area contributed by atoms with Gasteiger partial charge < -0.3 is 0 Å². The molecular weight excluding hydrogens is 659 g/mol. The number of hydrogen-bond donors (Lipinski definition) is 0. The van der Waals surface area contributed by atoms with Crippen molar-refractivity contribution in [2.75, 3.05) is 0 Å². The van der Waals surface area contributed by atoms with Crippen molar-refractivity contribution in [1.82, 2.24) is 24.9 Å². The van der Waals surface area contributed by atoms with Gasteiger partial charge in [-0.1, -0.05) is 122 Å². The van der Waals surface area contributed by atoms with E-state index in [0.29, 0.717) is 17.5 Å². The normalized spacial score (nSPS) is 12.0. The minimum Gasteiger partial charge on any atom is -0.248 e. The van der Waals surface area contributed by atoms with Crippen LogP contribution in [0.3, 0.4) is 0 Å². The first-order valence-electron chi connectivity index (χ1n) is 17.9. The van der Waals surface area contributed by atoms with E-state index in [-0.39, 0.29) is 0 Å². The van der Waals surface area contributed by atoms with Crippen LogP contribution in [0.2, 0.25) is 0 Å². The lowest BCUT2D eigenvalue weighted by Gasteiger charge is -2.13. The van der Waals surface area contributed by atoms with Crippen LogP contribution in [0.1, 0.15) is 23.9 Å². The van der Waals surface area contributed by atoms with E-state index in [1.54, 1.807) is 12.2 Å². The fraction of sp³-hybridized carbons (Fsp3) is 0.0408. The number of rotatable bonds is 9. The smallest absolute Gasteiger partial charge is 0.164 e. The molecule has 0 fully saturated rings. The predicted molar refractivity (Wildman–Crippen MR) is 227 cm³/mol.